The Kier molecular flexibility index (Phi) is 7.12. The largest absolute Gasteiger partial charge is 0.340 e. The fraction of sp³-hybridized carbons (Fsp3) is 0.0714. The molecular weight excluding hydrogens is 428 g/mol. The topological polar surface area (TPSA) is 58.2 Å². The highest BCUT2D eigenvalue weighted by Gasteiger charge is 2.22. The smallest absolute Gasteiger partial charge is 0.268 e. The van der Waals surface area contributed by atoms with Crippen molar-refractivity contribution >= 4 is 29.2 Å². The standard InChI is InChI=1S/C28H24N2O2S/c1-20-11-8-9-17-24(20)26(21-12-4-2-5-13-21)30-28(32)25(19-23-16-10-18-33-23)29-27(31)22-14-6-3-7-15-22/h2-19,26H,1H3,(H,29,31)(H,30,32)/b25-19-/t26-/m1/s1. The number of hydrogen-bond acceptors (Lipinski definition) is 3. The van der Waals surface area contributed by atoms with Crippen molar-refractivity contribution in [1.29, 1.82) is 0 Å². The second kappa shape index (κ2) is 10.6. The maximum Gasteiger partial charge on any atom is 0.268 e. The summed E-state index contributed by atoms with van der Waals surface area (Å²) in [5.74, 6) is -0.689. The molecule has 164 valence electrons. The first-order valence-electron chi connectivity index (χ1n) is 10.6. The van der Waals surface area contributed by atoms with Crippen LogP contribution in [0.4, 0.5) is 0 Å². The molecule has 0 bridgehead atoms. The van der Waals surface area contributed by atoms with E-state index in [1.165, 1.54) is 11.3 Å². The fourth-order valence-electron chi connectivity index (χ4n) is 3.56. The van der Waals surface area contributed by atoms with Crippen molar-refractivity contribution in [3.05, 3.63) is 135 Å². The zero-order valence-electron chi connectivity index (χ0n) is 18.2. The van der Waals surface area contributed by atoms with E-state index in [4.69, 9.17) is 0 Å². The van der Waals surface area contributed by atoms with E-state index in [2.05, 4.69) is 10.6 Å². The van der Waals surface area contributed by atoms with Crippen LogP contribution in [0.3, 0.4) is 0 Å². The van der Waals surface area contributed by atoms with E-state index in [0.717, 1.165) is 21.6 Å². The van der Waals surface area contributed by atoms with E-state index in [9.17, 15) is 9.59 Å². The summed E-state index contributed by atoms with van der Waals surface area (Å²) in [6, 6.07) is 30.1. The lowest BCUT2D eigenvalue weighted by Crippen LogP contribution is -2.37. The van der Waals surface area contributed by atoms with Crippen molar-refractivity contribution in [2.24, 2.45) is 0 Å². The van der Waals surface area contributed by atoms with Gasteiger partial charge in [0, 0.05) is 10.4 Å². The zero-order chi connectivity index (χ0) is 23.0. The number of nitrogens with one attached hydrogen (secondary N) is 2. The van der Waals surface area contributed by atoms with Crippen LogP contribution >= 0.6 is 11.3 Å². The van der Waals surface area contributed by atoms with E-state index in [-0.39, 0.29) is 23.6 Å². The van der Waals surface area contributed by atoms with Crippen molar-refractivity contribution in [2.45, 2.75) is 13.0 Å². The number of carbonyl (C=O) groups is 2. The molecule has 0 radical (unpaired) electrons. The third-order valence-electron chi connectivity index (χ3n) is 5.27. The first-order valence-corrected chi connectivity index (χ1v) is 11.5. The SMILES string of the molecule is Cc1ccccc1[C@H](NC(=O)/C(=C/c1cccs1)NC(=O)c1ccccc1)c1ccccc1. The predicted octanol–water partition coefficient (Wildman–Crippen LogP) is 5.73. The highest BCUT2D eigenvalue weighted by molar-refractivity contribution is 7.10. The maximum absolute atomic E-state index is 13.5. The number of rotatable bonds is 7. The van der Waals surface area contributed by atoms with Crippen molar-refractivity contribution < 1.29 is 9.59 Å². The molecule has 1 atom stereocenters. The molecule has 0 aliphatic heterocycles. The zero-order valence-corrected chi connectivity index (χ0v) is 19.0. The summed E-state index contributed by atoms with van der Waals surface area (Å²) in [6.45, 7) is 2.02. The minimum atomic E-state index is -0.361. The maximum atomic E-state index is 13.5. The Hall–Kier alpha value is -3.96. The number of aryl methyl sites for hydroxylation is 1. The van der Waals surface area contributed by atoms with Gasteiger partial charge in [0.2, 0.25) is 0 Å². The van der Waals surface area contributed by atoms with E-state index < -0.39 is 0 Å². The summed E-state index contributed by atoms with van der Waals surface area (Å²) in [4.78, 5) is 27.2. The molecule has 0 spiro atoms. The molecule has 5 heteroatoms. The number of amides is 2. The molecule has 0 saturated carbocycles. The minimum Gasteiger partial charge on any atom is -0.340 e. The predicted molar refractivity (Wildman–Crippen MR) is 134 cm³/mol. The van der Waals surface area contributed by atoms with E-state index in [1.807, 2.05) is 85.1 Å². The number of benzene rings is 3. The molecule has 1 heterocycles. The summed E-state index contributed by atoms with van der Waals surface area (Å²) < 4.78 is 0. The van der Waals surface area contributed by atoms with Gasteiger partial charge in [-0.1, -0.05) is 78.9 Å². The molecule has 3 aromatic carbocycles. The van der Waals surface area contributed by atoms with E-state index in [0.29, 0.717) is 5.56 Å². The second-order valence-electron chi connectivity index (χ2n) is 7.57. The summed E-state index contributed by atoms with van der Waals surface area (Å²) in [5.41, 5.74) is 3.72. The molecule has 33 heavy (non-hydrogen) atoms. The van der Waals surface area contributed by atoms with Gasteiger partial charge in [-0.2, -0.15) is 0 Å². The third-order valence-corrected chi connectivity index (χ3v) is 6.09. The van der Waals surface area contributed by atoms with Crippen molar-refractivity contribution in [1.82, 2.24) is 10.6 Å². The van der Waals surface area contributed by atoms with Crippen LogP contribution in [0.25, 0.3) is 6.08 Å². The lowest BCUT2D eigenvalue weighted by molar-refractivity contribution is -0.118. The quantitative estimate of drug-likeness (QED) is 0.352. The van der Waals surface area contributed by atoms with Crippen LogP contribution in [0.15, 0.2) is 108 Å². The number of thiophene rings is 1. The van der Waals surface area contributed by atoms with Crippen LogP contribution < -0.4 is 10.6 Å². The van der Waals surface area contributed by atoms with E-state index in [1.54, 1.807) is 30.3 Å². The van der Waals surface area contributed by atoms with Crippen molar-refractivity contribution in [2.75, 3.05) is 0 Å². The third kappa shape index (κ3) is 5.64. The molecule has 1 aromatic heterocycles. The first kappa shape index (κ1) is 22.2. The summed E-state index contributed by atoms with van der Waals surface area (Å²) in [5, 5.41) is 7.88. The van der Waals surface area contributed by atoms with Crippen LogP contribution in [0.2, 0.25) is 0 Å². The average molecular weight is 453 g/mol. The van der Waals surface area contributed by atoms with Crippen LogP contribution in [0.1, 0.15) is 38.0 Å². The van der Waals surface area contributed by atoms with Gasteiger partial charge in [0.15, 0.2) is 0 Å². The molecule has 0 aliphatic carbocycles. The van der Waals surface area contributed by atoms with Gasteiger partial charge in [0.05, 0.1) is 6.04 Å². The molecule has 0 fully saturated rings. The Morgan fingerprint density at radius 1 is 0.818 bits per heavy atom. The van der Waals surface area contributed by atoms with Gasteiger partial charge in [-0.25, -0.2) is 0 Å². The molecule has 4 aromatic rings. The van der Waals surface area contributed by atoms with Gasteiger partial charge in [0.25, 0.3) is 11.8 Å². The lowest BCUT2D eigenvalue weighted by Gasteiger charge is -2.22. The van der Waals surface area contributed by atoms with Crippen LogP contribution in [-0.2, 0) is 4.79 Å². The van der Waals surface area contributed by atoms with Gasteiger partial charge in [-0.05, 0) is 53.3 Å². The van der Waals surface area contributed by atoms with Gasteiger partial charge in [-0.3, -0.25) is 9.59 Å². The highest BCUT2D eigenvalue weighted by atomic mass is 32.1. The molecule has 0 saturated heterocycles. The number of hydrogen-bond donors (Lipinski definition) is 2. The summed E-state index contributed by atoms with van der Waals surface area (Å²) in [6.07, 6.45) is 1.71. The summed E-state index contributed by atoms with van der Waals surface area (Å²) in [7, 11) is 0. The molecule has 2 N–H and O–H groups in total. The Labute approximate surface area is 197 Å². The average Bonchev–Trinajstić information content (AvgIpc) is 3.37. The van der Waals surface area contributed by atoms with Crippen molar-refractivity contribution in [3.63, 3.8) is 0 Å². The Bertz CT molecular complexity index is 1250. The highest BCUT2D eigenvalue weighted by Crippen LogP contribution is 2.25. The minimum absolute atomic E-state index is 0.195. The van der Waals surface area contributed by atoms with Gasteiger partial charge < -0.3 is 10.6 Å². The normalized spacial score (nSPS) is 12.1. The molecule has 0 aliphatic rings. The van der Waals surface area contributed by atoms with Gasteiger partial charge >= 0.3 is 0 Å². The van der Waals surface area contributed by atoms with Gasteiger partial charge in [-0.15, -0.1) is 11.3 Å². The molecule has 2 amide bonds. The molecule has 4 rings (SSSR count). The van der Waals surface area contributed by atoms with Crippen LogP contribution in [0, 0.1) is 6.92 Å². The second-order valence-corrected chi connectivity index (χ2v) is 8.55. The fourth-order valence-corrected chi connectivity index (χ4v) is 4.22. The Balaban J connectivity index is 1.67. The van der Waals surface area contributed by atoms with Gasteiger partial charge in [0.1, 0.15) is 5.70 Å². The number of carbonyl (C=O) groups excluding carboxylic acids is 2. The van der Waals surface area contributed by atoms with Crippen LogP contribution in [0.5, 0.6) is 0 Å². The van der Waals surface area contributed by atoms with Crippen LogP contribution in [-0.4, -0.2) is 11.8 Å². The van der Waals surface area contributed by atoms with Crippen molar-refractivity contribution in [3.8, 4) is 0 Å². The summed E-state index contributed by atoms with van der Waals surface area (Å²) >= 11 is 1.50. The Morgan fingerprint density at radius 2 is 1.48 bits per heavy atom. The van der Waals surface area contributed by atoms with E-state index >= 15 is 0 Å². The first-order chi connectivity index (χ1) is 16.1. The molecule has 0 unspecified atom stereocenters. The molecular formula is C28H24N2O2S. The Morgan fingerprint density at radius 3 is 2.15 bits per heavy atom. The molecule has 4 nitrogen and oxygen atoms in total. The lowest BCUT2D eigenvalue weighted by atomic mass is 9.95. The monoisotopic (exact) mass is 452 g/mol.